The Morgan fingerprint density at radius 1 is 0.971 bits per heavy atom. The van der Waals surface area contributed by atoms with Crippen molar-refractivity contribution >= 4 is 28.2 Å². The highest BCUT2D eigenvalue weighted by Gasteiger charge is 2.23. The van der Waals surface area contributed by atoms with Gasteiger partial charge in [0.05, 0.1) is 25.8 Å². The summed E-state index contributed by atoms with van der Waals surface area (Å²) in [6.07, 6.45) is 1.96. The Morgan fingerprint density at radius 3 is 2.41 bits per heavy atom. The summed E-state index contributed by atoms with van der Waals surface area (Å²) in [5.74, 6) is 0.283. The zero-order chi connectivity index (χ0) is 23.8. The lowest BCUT2D eigenvalue weighted by Crippen LogP contribution is -2.82. The first-order valence-corrected chi connectivity index (χ1v) is 12.1. The van der Waals surface area contributed by atoms with E-state index in [1.165, 1.54) is 11.3 Å². The van der Waals surface area contributed by atoms with Crippen LogP contribution in [-0.4, -0.2) is 25.0 Å². The highest BCUT2D eigenvalue weighted by atomic mass is 32.1. The van der Waals surface area contributed by atoms with Crippen LogP contribution in [0.15, 0.2) is 82.8 Å². The van der Waals surface area contributed by atoms with E-state index in [0.29, 0.717) is 30.1 Å². The molecule has 0 aliphatic rings. The van der Waals surface area contributed by atoms with E-state index in [1.807, 2.05) is 65.3 Å². The van der Waals surface area contributed by atoms with Crippen molar-refractivity contribution in [2.24, 2.45) is 0 Å². The normalized spacial score (nSPS) is 10.7. The zero-order valence-electron chi connectivity index (χ0n) is 19.0. The van der Waals surface area contributed by atoms with Gasteiger partial charge < -0.3 is 19.8 Å². The second-order valence-corrected chi connectivity index (χ2v) is 8.56. The smallest absolute Gasteiger partial charge is 0.341 e. The maximum absolute atomic E-state index is 12.8. The number of hydrogen-bond acceptors (Lipinski definition) is 5. The Labute approximate surface area is 202 Å². The Bertz CT molecular complexity index is 1220. The molecule has 0 saturated heterocycles. The minimum absolute atomic E-state index is 0.144. The predicted octanol–water partition coefficient (Wildman–Crippen LogP) is 4.94. The molecule has 4 rings (SSSR count). The van der Waals surface area contributed by atoms with E-state index in [1.54, 1.807) is 13.2 Å². The summed E-state index contributed by atoms with van der Waals surface area (Å²) < 4.78 is 10.6. The number of nitrogens with two attached hydrogens (primary N) is 1. The summed E-state index contributed by atoms with van der Waals surface area (Å²) in [7, 11) is 0. The molecule has 2 heterocycles. The zero-order valence-corrected chi connectivity index (χ0v) is 19.8. The third-order valence-corrected chi connectivity index (χ3v) is 6.22. The van der Waals surface area contributed by atoms with Gasteiger partial charge in [0.1, 0.15) is 17.1 Å². The number of furan rings is 1. The van der Waals surface area contributed by atoms with Gasteiger partial charge in [-0.25, -0.2) is 4.79 Å². The van der Waals surface area contributed by atoms with Gasteiger partial charge in [-0.2, -0.15) is 0 Å². The number of hydrogen-bond donors (Lipinski definition) is 2. The minimum atomic E-state index is -0.439. The second-order valence-electron chi connectivity index (χ2n) is 7.68. The van der Waals surface area contributed by atoms with E-state index in [9.17, 15) is 9.59 Å². The van der Waals surface area contributed by atoms with Crippen LogP contribution < -0.4 is 10.6 Å². The average molecular weight is 476 g/mol. The van der Waals surface area contributed by atoms with Crippen molar-refractivity contribution < 1.29 is 24.1 Å². The molecule has 0 fully saturated rings. The molecule has 6 nitrogen and oxygen atoms in total. The second kappa shape index (κ2) is 11.4. The number of carbonyl (C=O) groups excluding carboxylic acids is 2. The first-order valence-electron chi connectivity index (χ1n) is 11.2. The summed E-state index contributed by atoms with van der Waals surface area (Å²) in [5.41, 5.74) is 4.26. The fourth-order valence-electron chi connectivity index (χ4n) is 3.64. The number of ether oxygens (including phenoxy) is 1. The summed E-state index contributed by atoms with van der Waals surface area (Å²) in [4.78, 5) is 25.4. The molecule has 0 spiro atoms. The average Bonchev–Trinajstić information content (AvgIpc) is 3.53. The van der Waals surface area contributed by atoms with E-state index in [-0.39, 0.29) is 12.5 Å². The molecule has 0 radical (unpaired) electrons. The fraction of sp³-hybridized carbons (Fsp3) is 0.185. The van der Waals surface area contributed by atoms with E-state index in [2.05, 4.69) is 17.4 Å². The van der Waals surface area contributed by atoms with E-state index in [0.717, 1.165) is 28.0 Å². The van der Waals surface area contributed by atoms with Gasteiger partial charge in [-0.15, -0.1) is 11.3 Å². The molecular weight excluding hydrogens is 448 g/mol. The Morgan fingerprint density at radius 2 is 1.71 bits per heavy atom. The van der Waals surface area contributed by atoms with Gasteiger partial charge in [0.25, 0.3) is 0 Å². The van der Waals surface area contributed by atoms with Crippen LogP contribution in [0.5, 0.6) is 0 Å². The number of rotatable bonds is 10. The molecule has 0 atom stereocenters. The van der Waals surface area contributed by atoms with Crippen molar-refractivity contribution in [2.45, 2.75) is 19.9 Å². The Kier molecular flexibility index (Phi) is 7.91. The third kappa shape index (κ3) is 5.81. The molecule has 2 aromatic carbocycles. The summed E-state index contributed by atoms with van der Waals surface area (Å²) in [5, 5.41) is 7.32. The summed E-state index contributed by atoms with van der Waals surface area (Å²) in [6.45, 7) is 3.32. The molecule has 0 saturated carbocycles. The highest BCUT2D eigenvalue weighted by molar-refractivity contribution is 7.15. The van der Waals surface area contributed by atoms with E-state index >= 15 is 0 Å². The lowest BCUT2D eigenvalue weighted by Gasteiger charge is -2.09. The van der Waals surface area contributed by atoms with Crippen molar-refractivity contribution in [3.8, 4) is 22.3 Å². The van der Waals surface area contributed by atoms with Crippen molar-refractivity contribution in [3.05, 3.63) is 89.7 Å². The number of esters is 1. The van der Waals surface area contributed by atoms with Crippen LogP contribution in [0.25, 0.3) is 22.3 Å². The quantitative estimate of drug-likeness (QED) is 0.251. The maximum Gasteiger partial charge on any atom is 0.341 e. The molecule has 34 heavy (non-hydrogen) atoms. The molecule has 3 N–H and O–H groups in total. The van der Waals surface area contributed by atoms with Crippen LogP contribution in [0, 0.1) is 0 Å². The SMILES string of the molecule is CCOC(=O)c1c(-c2ccc(-c3ccccc3)cc2)csc1NC(=O)CC[NH2+]Cc1ccco1. The lowest BCUT2D eigenvalue weighted by molar-refractivity contribution is -0.671. The van der Waals surface area contributed by atoms with Gasteiger partial charge in [0.15, 0.2) is 5.76 Å². The number of quaternary nitrogens is 1. The Balaban J connectivity index is 1.47. The van der Waals surface area contributed by atoms with Crippen molar-refractivity contribution in [1.29, 1.82) is 0 Å². The first-order chi connectivity index (χ1) is 16.7. The first kappa shape index (κ1) is 23.5. The number of amides is 1. The minimum Gasteiger partial charge on any atom is -0.463 e. The van der Waals surface area contributed by atoms with Crippen molar-refractivity contribution in [1.82, 2.24) is 0 Å². The van der Waals surface area contributed by atoms with Gasteiger partial charge >= 0.3 is 5.97 Å². The standard InChI is InChI=1S/C27H26N2O4S/c1-2-32-27(31)25-23(21-12-10-20(11-13-21)19-7-4-3-5-8-19)18-34-26(25)29-24(30)14-15-28-17-22-9-6-16-33-22/h3-13,16,18,28H,2,14-15,17H2,1H3,(H,29,30)/p+1. The van der Waals surface area contributed by atoms with E-state index in [4.69, 9.17) is 9.15 Å². The van der Waals surface area contributed by atoms with Gasteiger partial charge in [0, 0.05) is 10.9 Å². The van der Waals surface area contributed by atoms with Crippen molar-refractivity contribution in [3.63, 3.8) is 0 Å². The number of nitrogens with one attached hydrogen (secondary N) is 1. The Hall–Kier alpha value is -3.68. The van der Waals surface area contributed by atoms with Gasteiger partial charge in [-0.3, -0.25) is 4.79 Å². The van der Waals surface area contributed by atoms with Crippen LogP contribution in [0.4, 0.5) is 5.00 Å². The van der Waals surface area contributed by atoms with E-state index < -0.39 is 5.97 Å². The molecule has 174 valence electrons. The molecule has 7 heteroatoms. The molecular formula is C27H27N2O4S+. The highest BCUT2D eigenvalue weighted by Crippen LogP contribution is 2.37. The van der Waals surface area contributed by atoms with Gasteiger partial charge in [0.2, 0.25) is 5.91 Å². The molecule has 1 amide bonds. The van der Waals surface area contributed by atoms with Gasteiger partial charge in [-0.1, -0.05) is 54.6 Å². The van der Waals surface area contributed by atoms with Crippen LogP contribution in [0.2, 0.25) is 0 Å². The predicted molar refractivity (Wildman–Crippen MR) is 134 cm³/mol. The molecule has 0 aliphatic heterocycles. The van der Waals surface area contributed by atoms with Gasteiger partial charge in [-0.05, 0) is 35.7 Å². The lowest BCUT2D eigenvalue weighted by atomic mass is 9.99. The van der Waals surface area contributed by atoms with Crippen LogP contribution in [-0.2, 0) is 16.1 Å². The summed E-state index contributed by atoms with van der Waals surface area (Å²) in [6, 6.07) is 21.9. The van der Waals surface area contributed by atoms with Crippen LogP contribution in [0.3, 0.4) is 0 Å². The van der Waals surface area contributed by atoms with Crippen molar-refractivity contribution in [2.75, 3.05) is 18.5 Å². The molecule has 2 aromatic heterocycles. The molecule has 0 unspecified atom stereocenters. The molecule has 4 aromatic rings. The fourth-order valence-corrected chi connectivity index (χ4v) is 4.61. The third-order valence-electron chi connectivity index (χ3n) is 5.33. The summed E-state index contributed by atoms with van der Waals surface area (Å²) >= 11 is 1.33. The van der Waals surface area contributed by atoms with Crippen LogP contribution >= 0.6 is 11.3 Å². The number of benzene rings is 2. The van der Waals surface area contributed by atoms with Crippen LogP contribution in [0.1, 0.15) is 29.5 Å². The molecule has 0 bridgehead atoms. The monoisotopic (exact) mass is 475 g/mol. The number of anilines is 1. The topological polar surface area (TPSA) is 85.1 Å². The number of carbonyl (C=O) groups is 2. The largest absolute Gasteiger partial charge is 0.463 e. The number of thiophene rings is 1. The maximum atomic E-state index is 12.8. The molecule has 0 aliphatic carbocycles.